The number of hydrogen-bond acceptors (Lipinski definition) is 3. The molecule has 3 nitrogen and oxygen atoms in total. The molecule has 0 aromatic rings. The second kappa shape index (κ2) is 5.58. The van der Waals surface area contributed by atoms with Crippen LogP contribution in [0.2, 0.25) is 0 Å². The Labute approximate surface area is 80.7 Å². The first-order valence-corrected chi connectivity index (χ1v) is 5.13. The Hall–Kier alpha value is -0.120. The molecule has 0 aromatic heterocycles. The van der Waals surface area contributed by atoms with Gasteiger partial charge in [0.05, 0.1) is 12.7 Å². The number of likely N-dealkylation sites (N-methyl/N-ethyl adjacent to an activating group) is 1. The van der Waals surface area contributed by atoms with Gasteiger partial charge in [0.15, 0.2) is 0 Å². The zero-order valence-corrected chi connectivity index (χ0v) is 8.70. The van der Waals surface area contributed by atoms with Crippen molar-refractivity contribution >= 4 is 0 Å². The Kier molecular flexibility index (Phi) is 4.70. The van der Waals surface area contributed by atoms with Crippen LogP contribution >= 0.6 is 0 Å². The second-order valence-electron chi connectivity index (χ2n) is 4.15. The maximum atomic E-state index is 9.18. The van der Waals surface area contributed by atoms with Gasteiger partial charge in [-0.2, -0.15) is 0 Å². The largest absolute Gasteiger partial charge is 0.392 e. The Bertz CT molecular complexity index is 133. The summed E-state index contributed by atoms with van der Waals surface area (Å²) in [5.41, 5.74) is 0. The third kappa shape index (κ3) is 4.60. The van der Waals surface area contributed by atoms with E-state index in [1.807, 2.05) is 6.92 Å². The van der Waals surface area contributed by atoms with Crippen LogP contribution in [-0.2, 0) is 4.74 Å². The molecule has 1 aliphatic heterocycles. The average Bonchev–Trinajstić information content (AvgIpc) is 2.04. The quantitative estimate of drug-likeness (QED) is 0.704. The summed E-state index contributed by atoms with van der Waals surface area (Å²) < 4.78 is 5.40. The summed E-state index contributed by atoms with van der Waals surface area (Å²) in [5, 5.41) is 9.18. The summed E-state index contributed by atoms with van der Waals surface area (Å²) in [5.74, 6) is 0.664. The third-order valence-corrected chi connectivity index (χ3v) is 2.40. The second-order valence-corrected chi connectivity index (χ2v) is 4.15. The van der Waals surface area contributed by atoms with Crippen LogP contribution in [0.5, 0.6) is 0 Å². The van der Waals surface area contributed by atoms with Crippen molar-refractivity contribution in [2.45, 2.75) is 25.9 Å². The summed E-state index contributed by atoms with van der Waals surface area (Å²) in [6.45, 7) is 5.45. The van der Waals surface area contributed by atoms with Gasteiger partial charge >= 0.3 is 0 Å². The van der Waals surface area contributed by atoms with E-state index in [0.29, 0.717) is 5.92 Å². The van der Waals surface area contributed by atoms with E-state index in [1.165, 1.54) is 12.8 Å². The van der Waals surface area contributed by atoms with Gasteiger partial charge in [0.2, 0.25) is 0 Å². The van der Waals surface area contributed by atoms with Gasteiger partial charge in [0.1, 0.15) is 0 Å². The number of aliphatic hydroxyl groups excluding tert-OH is 1. The fourth-order valence-electron chi connectivity index (χ4n) is 1.92. The van der Waals surface area contributed by atoms with E-state index in [1.54, 1.807) is 0 Å². The monoisotopic (exact) mass is 187 g/mol. The van der Waals surface area contributed by atoms with Gasteiger partial charge in [0, 0.05) is 19.7 Å². The fourth-order valence-corrected chi connectivity index (χ4v) is 1.92. The molecule has 13 heavy (non-hydrogen) atoms. The summed E-state index contributed by atoms with van der Waals surface area (Å²) in [6, 6.07) is 0. The van der Waals surface area contributed by atoms with E-state index in [4.69, 9.17) is 4.74 Å². The highest BCUT2D eigenvalue weighted by molar-refractivity contribution is 4.67. The van der Waals surface area contributed by atoms with E-state index < -0.39 is 0 Å². The molecule has 0 amide bonds. The standard InChI is InChI=1S/C10H21NO2/c1-9(12)6-11(2)7-10-4-3-5-13-8-10/h9-10,12H,3-8H2,1-2H3/t9-,10?/m1/s1. The predicted molar refractivity (Wildman–Crippen MR) is 52.7 cm³/mol. The number of ether oxygens (including phenoxy) is 1. The lowest BCUT2D eigenvalue weighted by atomic mass is 10.0. The molecule has 0 saturated carbocycles. The molecule has 1 rings (SSSR count). The number of hydrogen-bond donors (Lipinski definition) is 1. The van der Waals surface area contributed by atoms with Crippen molar-refractivity contribution in [1.82, 2.24) is 4.90 Å². The lowest BCUT2D eigenvalue weighted by Crippen LogP contribution is -2.34. The molecule has 0 aliphatic carbocycles. The molecular formula is C10H21NO2. The minimum Gasteiger partial charge on any atom is -0.392 e. The minimum absolute atomic E-state index is 0.227. The number of rotatable bonds is 4. The molecule has 1 saturated heterocycles. The van der Waals surface area contributed by atoms with Crippen molar-refractivity contribution in [3.63, 3.8) is 0 Å². The van der Waals surface area contributed by atoms with Gasteiger partial charge in [-0.3, -0.25) is 0 Å². The molecule has 3 heteroatoms. The highest BCUT2D eigenvalue weighted by atomic mass is 16.5. The molecule has 1 fully saturated rings. The molecular weight excluding hydrogens is 166 g/mol. The fraction of sp³-hybridized carbons (Fsp3) is 1.00. The lowest BCUT2D eigenvalue weighted by Gasteiger charge is -2.27. The van der Waals surface area contributed by atoms with Crippen molar-refractivity contribution < 1.29 is 9.84 Å². The highest BCUT2D eigenvalue weighted by Gasteiger charge is 2.16. The predicted octanol–water partition coefficient (Wildman–Crippen LogP) is 0.726. The Morgan fingerprint density at radius 2 is 2.38 bits per heavy atom. The summed E-state index contributed by atoms with van der Waals surface area (Å²) in [7, 11) is 2.06. The smallest absolute Gasteiger partial charge is 0.0638 e. The van der Waals surface area contributed by atoms with Crippen molar-refractivity contribution in [2.24, 2.45) is 5.92 Å². The van der Waals surface area contributed by atoms with E-state index in [2.05, 4.69) is 11.9 Å². The van der Waals surface area contributed by atoms with Crippen LogP contribution in [0.15, 0.2) is 0 Å². The summed E-state index contributed by atoms with van der Waals surface area (Å²) in [6.07, 6.45) is 2.23. The van der Waals surface area contributed by atoms with E-state index >= 15 is 0 Å². The Morgan fingerprint density at radius 3 is 2.92 bits per heavy atom. The van der Waals surface area contributed by atoms with E-state index in [-0.39, 0.29) is 6.10 Å². The zero-order chi connectivity index (χ0) is 9.68. The van der Waals surface area contributed by atoms with E-state index in [0.717, 1.165) is 26.3 Å². The van der Waals surface area contributed by atoms with Crippen molar-refractivity contribution in [2.75, 3.05) is 33.4 Å². The summed E-state index contributed by atoms with van der Waals surface area (Å²) >= 11 is 0. The molecule has 2 atom stereocenters. The Morgan fingerprint density at radius 1 is 1.62 bits per heavy atom. The first kappa shape index (κ1) is 11.0. The van der Waals surface area contributed by atoms with Gasteiger partial charge in [-0.1, -0.05) is 0 Å². The molecule has 0 bridgehead atoms. The third-order valence-electron chi connectivity index (χ3n) is 2.40. The molecule has 0 radical (unpaired) electrons. The maximum Gasteiger partial charge on any atom is 0.0638 e. The minimum atomic E-state index is -0.227. The molecule has 78 valence electrons. The zero-order valence-electron chi connectivity index (χ0n) is 8.70. The van der Waals surface area contributed by atoms with Crippen LogP contribution in [-0.4, -0.2) is 49.5 Å². The topological polar surface area (TPSA) is 32.7 Å². The first-order chi connectivity index (χ1) is 6.18. The normalized spacial score (nSPS) is 26.3. The number of aliphatic hydroxyl groups is 1. The number of nitrogens with zero attached hydrogens (tertiary/aromatic N) is 1. The van der Waals surface area contributed by atoms with Crippen LogP contribution < -0.4 is 0 Å². The van der Waals surface area contributed by atoms with Gasteiger partial charge in [-0.05, 0) is 32.7 Å². The molecule has 1 heterocycles. The van der Waals surface area contributed by atoms with Crippen LogP contribution in [0, 0.1) is 5.92 Å². The van der Waals surface area contributed by atoms with Crippen LogP contribution in [0.1, 0.15) is 19.8 Å². The Balaban J connectivity index is 2.14. The van der Waals surface area contributed by atoms with Gasteiger partial charge in [0.25, 0.3) is 0 Å². The molecule has 1 unspecified atom stereocenters. The van der Waals surface area contributed by atoms with Crippen molar-refractivity contribution in [3.05, 3.63) is 0 Å². The molecule has 0 spiro atoms. The van der Waals surface area contributed by atoms with Crippen LogP contribution in [0.4, 0.5) is 0 Å². The van der Waals surface area contributed by atoms with Crippen LogP contribution in [0.25, 0.3) is 0 Å². The molecule has 1 N–H and O–H groups in total. The van der Waals surface area contributed by atoms with E-state index in [9.17, 15) is 5.11 Å². The van der Waals surface area contributed by atoms with Crippen LogP contribution in [0.3, 0.4) is 0 Å². The van der Waals surface area contributed by atoms with Gasteiger partial charge < -0.3 is 14.7 Å². The van der Waals surface area contributed by atoms with Gasteiger partial charge in [-0.15, -0.1) is 0 Å². The maximum absolute atomic E-state index is 9.18. The average molecular weight is 187 g/mol. The summed E-state index contributed by atoms with van der Waals surface area (Å²) in [4.78, 5) is 2.18. The molecule has 0 aromatic carbocycles. The molecule has 1 aliphatic rings. The van der Waals surface area contributed by atoms with Crippen molar-refractivity contribution in [3.8, 4) is 0 Å². The highest BCUT2D eigenvalue weighted by Crippen LogP contribution is 2.14. The first-order valence-electron chi connectivity index (χ1n) is 5.13. The SMILES string of the molecule is C[C@@H](O)CN(C)CC1CCCOC1. The van der Waals surface area contributed by atoms with Gasteiger partial charge in [-0.25, -0.2) is 0 Å². The van der Waals surface area contributed by atoms with Crippen molar-refractivity contribution in [1.29, 1.82) is 0 Å². The lowest BCUT2D eigenvalue weighted by molar-refractivity contribution is 0.0358.